The van der Waals surface area contributed by atoms with Gasteiger partial charge in [0.15, 0.2) is 0 Å². The first-order chi connectivity index (χ1) is 8.00. The van der Waals surface area contributed by atoms with Crippen molar-refractivity contribution in [3.8, 4) is 0 Å². The van der Waals surface area contributed by atoms with Crippen LogP contribution in [-0.4, -0.2) is 38.0 Å². The maximum absolute atomic E-state index is 12.1. The zero-order valence-corrected chi connectivity index (χ0v) is 10.6. The lowest BCUT2D eigenvalue weighted by molar-refractivity contribution is 0.0828. The monoisotopic (exact) mass is 233 g/mol. The third-order valence-electron chi connectivity index (χ3n) is 3.13. The normalized spacial score (nSPS) is 14.5. The summed E-state index contributed by atoms with van der Waals surface area (Å²) in [5.74, 6) is 0.0208. The molecular weight excluding hydrogens is 214 g/mol. The second kappa shape index (κ2) is 4.28. The number of amides is 1. The van der Waals surface area contributed by atoms with Crippen LogP contribution in [0.3, 0.4) is 0 Å². The third-order valence-corrected chi connectivity index (χ3v) is 3.13. The quantitative estimate of drug-likeness (QED) is 0.806. The molecule has 0 aliphatic heterocycles. The lowest BCUT2D eigenvalue weighted by Gasteiger charge is -2.23. The van der Waals surface area contributed by atoms with Crippen molar-refractivity contribution in [2.45, 2.75) is 18.9 Å². The summed E-state index contributed by atoms with van der Waals surface area (Å²) < 4.78 is 0. The summed E-state index contributed by atoms with van der Waals surface area (Å²) in [5.41, 5.74) is 8.16. The van der Waals surface area contributed by atoms with Gasteiger partial charge in [0.2, 0.25) is 0 Å². The molecule has 92 valence electrons. The van der Waals surface area contributed by atoms with Crippen LogP contribution < -0.4 is 10.6 Å². The summed E-state index contributed by atoms with van der Waals surface area (Å²) in [6.45, 7) is 0. The van der Waals surface area contributed by atoms with Gasteiger partial charge in [-0.05, 0) is 31.0 Å². The minimum Gasteiger partial charge on any atom is -0.399 e. The molecule has 1 aromatic carbocycles. The number of hydrogen-bond acceptors (Lipinski definition) is 3. The number of carbonyl (C=O) groups excluding carboxylic acids is 1. The molecule has 0 aromatic heterocycles. The van der Waals surface area contributed by atoms with Gasteiger partial charge in [0.25, 0.3) is 5.91 Å². The molecule has 0 unspecified atom stereocenters. The van der Waals surface area contributed by atoms with E-state index in [0.29, 0.717) is 11.7 Å². The standard InChI is InChI=1S/C13H19N3O/c1-15(2)13(17)11-7-4-9(14)8-12(11)16(3)10-5-6-10/h4,7-8,10H,5-6,14H2,1-3H3. The average molecular weight is 233 g/mol. The Morgan fingerprint density at radius 2 is 1.94 bits per heavy atom. The van der Waals surface area contributed by atoms with Crippen molar-refractivity contribution in [3.63, 3.8) is 0 Å². The molecule has 4 heteroatoms. The van der Waals surface area contributed by atoms with Gasteiger partial charge in [-0.3, -0.25) is 4.79 Å². The van der Waals surface area contributed by atoms with Gasteiger partial charge < -0.3 is 15.5 Å². The SMILES string of the molecule is CN(C)C(=O)c1ccc(N)cc1N(C)C1CC1. The van der Waals surface area contributed by atoms with Gasteiger partial charge in [-0.1, -0.05) is 0 Å². The Labute approximate surface area is 102 Å². The fraction of sp³-hybridized carbons (Fsp3) is 0.462. The van der Waals surface area contributed by atoms with Crippen molar-refractivity contribution in [1.29, 1.82) is 0 Å². The zero-order valence-electron chi connectivity index (χ0n) is 10.6. The van der Waals surface area contributed by atoms with Gasteiger partial charge in [0, 0.05) is 32.9 Å². The number of nitrogens with zero attached hydrogens (tertiary/aromatic N) is 2. The molecule has 1 aliphatic carbocycles. The predicted octanol–water partition coefficient (Wildman–Crippen LogP) is 1.57. The molecule has 2 rings (SSSR count). The Bertz CT molecular complexity index is 438. The molecule has 0 saturated heterocycles. The fourth-order valence-corrected chi connectivity index (χ4v) is 1.92. The lowest BCUT2D eigenvalue weighted by atomic mass is 10.1. The Balaban J connectivity index is 2.39. The molecule has 1 aliphatic rings. The molecule has 0 spiro atoms. The van der Waals surface area contributed by atoms with Crippen LogP contribution in [0, 0.1) is 0 Å². The van der Waals surface area contributed by atoms with Crippen LogP contribution in [0.25, 0.3) is 0 Å². The molecule has 2 N–H and O–H groups in total. The molecule has 1 fully saturated rings. The van der Waals surface area contributed by atoms with Crippen molar-refractivity contribution in [2.24, 2.45) is 0 Å². The minimum atomic E-state index is 0.0208. The Hall–Kier alpha value is -1.71. The Kier molecular flexibility index (Phi) is 2.96. The average Bonchev–Trinajstić information content (AvgIpc) is 3.10. The molecule has 1 amide bonds. The van der Waals surface area contributed by atoms with Crippen LogP contribution in [0.4, 0.5) is 11.4 Å². The van der Waals surface area contributed by atoms with E-state index in [1.54, 1.807) is 25.1 Å². The number of hydrogen-bond donors (Lipinski definition) is 1. The van der Waals surface area contributed by atoms with Gasteiger partial charge in [0.1, 0.15) is 0 Å². The van der Waals surface area contributed by atoms with Crippen LogP contribution in [0.1, 0.15) is 23.2 Å². The molecule has 0 heterocycles. The minimum absolute atomic E-state index is 0.0208. The third kappa shape index (κ3) is 2.35. The fourth-order valence-electron chi connectivity index (χ4n) is 1.92. The molecule has 4 nitrogen and oxygen atoms in total. The highest BCUT2D eigenvalue weighted by Gasteiger charge is 2.29. The number of nitrogen functional groups attached to an aromatic ring is 1. The highest BCUT2D eigenvalue weighted by molar-refractivity contribution is 6.00. The van der Waals surface area contributed by atoms with E-state index in [0.717, 1.165) is 11.3 Å². The van der Waals surface area contributed by atoms with E-state index in [2.05, 4.69) is 4.90 Å². The molecule has 17 heavy (non-hydrogen) atoms. The first-order valence-corrected chi connectivity index (χ1v) is 5.84. The molecule has 0 radical (unpaired) electrons. The summed E-state index contributed by atoms with van der Waals surface area (Å²) in [6.07, 6.45) is 2.39. The number of rotatable bonds is 3. The first kappa shape index (κ1) is 11.8. The summed E-state index contributed by atoms with van der Waals surface area (Å²) in [6, 6.07) is 6.03. The molecule has 0 atom stereocenters. The molecular formula is C13H19N3O. The number of nitrogens with two attached hydrogens (primary N) is 1. The second-order valence-corrected chi connectivity index (χ2v) is 4.82. The topological polar surface area (TPSA) is 49.6 Å². The number of anilines is 2. The summed E-state index contributed by atoms with van der Waals surface area (Å²) >= 11 is 0. The van der Waals surface area contributed by atoms with Crippen molar-refractivity contribution < 1.29 is 4.79 Å². The summed E-state index contributed by atoms with van der Waals surface area (Å²) in [7, 11) is 5.55. The van der Waals surface area contributed by atoms with E-state index in [1.165, 1.54) is 12.8 Å². The van der Waals surface area contributed by atoms with Crippen LogP contribution in [0.2, 0.25) is 0 Å². The van der Waals surface area contributed by atoms with E-state index in [-0.39, 0.29) is 5.91 Å². The van der Waals surface area contributed by atoms with Crippen molar-refractivity contribution in [1.82, 2.24) is 4.90 Å². The largest absolute Gasteiger partial charge is 0.399 e. The van der Waals surface area contributed by atoms with E-state index in [9.17, 15) is 4.79 Å². The number of benzene rings is 1. The van der Waals surface area contributed by atoms with Gasteiger partial charge in [-0.2, -0.15) is 0 Å². The Morgan fingerprint density at radius 1 is 1.29 bits per heavy atom. The van der Waals surface area contributed by atoms with Gasteiger partial charge in [-0.15, -0.1) is 0 Å². The van der Waals surface area contributed by atoms with Crippen LogP contribution in [-0.2, 0) is 0 Å². The zero-order chi connectivity index (χ0) is 12.6. The maximum Gasteiger partial charge on any atom is 0.255 e. The Morgan fingerprint density at radius 3 is 2.47 bits per heavy atom. The second-order valence-electron chi connectivity index (χ2n) is 4.82. The first-order valence-electron chi connectivity index (χ1n) is 5.84. The summed E-state index contributed by atoms with van der Waals surface area (Å²) in [5, 5.41) is 0. The van der Waals surface area contributed by atoms with Gasteiger partial charge in [0.05, 0.1) is 11.3 Å². The van der Waals surface area contributed by atoms with E-state index < -0.39 is 0 Å². The smallest absolute Gasteiger partial charge is 0.255 e. The summed E-state index contributed by atoms with van der Waals surface area (Å²) in [4.78, 5) is 15.8. The van der Waals surface area contributed by atoms with E-state index >= 15 is 0 Å². The molecule has 0 bridgehead atoms. The predicted molar refractivity (Wildman–Crippen MR) is 70.3 cm³/mol. The highest BCUT2D eigenvalue weighted by Crippen LogP contribution is 2.33. The van der Waals surface area contributed by atoms with Gasteiger partial charge >= 0.3 is 0 Å². The molecule has 1 saturated carbocycles. The molecule has 1 aromatic rings. The number of carbonyl (C=O) groups is 1. The van der Waals surface area contributed by atoms with Crippen LogP contribution in [0.15, 0.2) is 18.2 Å². The van der Waals surface area contributed by atoms with Crippen LogP contribution in [0.5, 0.6) is 0 Å². The lowest BCUT2D eigenvalue weighted by Crippen LogP contribution is -2.27. The maximum atomic E-state index is 12.1. The van der Waals surface area contributed by atoms with E-state index in [1.807, 2.05) is 19.2 Å². The van der Waals surface area contributed by atoms with Crippen molar-refractivity contribution >= 4 is 17.3 Å². The highest BCUT2D eigenvalue weighted by atomic mass is 16.2. The van der Waals surface area contributed by atoms with Gasteiger partial charge in [-0.25, -0.2) is 0 Å². The van der Waals surface area contributed by atoms with Crippen LogP contribution >= 0.6 is 0 Å². The van der Waals surface area contributed by atoms with Crippen molar-refractivity contribution in [3.05, 3.63) is 23.8 Å². The van der Waals surface area contributed by atoms with E-state index in [4.69, 9.17) is 5.73 Å². The van der Waals surface area contributed by atoms with Crippen molar-refractivity contribution in [2.75, 3.05) is 31.8 Å².